The predicted octanol–water partition coefficient (Wildman–Crippen LogP) is 4.84. The van der Waals surface area contributed by atoms with Crippen molar-refractivity contribution in [2.75, 3.05) is 11.1 Å². The summed E-state index contributed by atoms with van der Waals surface area (Å²) in [7, 11) is 0. The second-order valence-corrected chi connectivity index (χ2v) is 5.59. The monoisotopic (exact) mass is 339 g/mol. The van der Waals surface area contributed by atoms with E-state index in [1.54, 1.807) is 6.20 Å². The topological polar surface area (TPSA) is 50.9 Å². The number of benzene rings is 2. The van der Waals surface area contributed by atoms with Gasteiger partial charge in [0.1, 0.15) is 0 Å². The standard InChI is InChI=1S/C17H14BrN3/c18-14-6-7-17(16(19)10-14)21-15-5-1-3-12(9-15)13-4-2-8-20-11-13/h1-11,21H,19H2. The highest BCUT2D eigenvalue weighted by molar-refractivity contribution is 9.10. The summed E-state index contributed by atoms with van der Waals surface area (Å²) in [5.41, 5.74) is 10.8. The second kappa shape index (κ2) is 5.97. The Morgan fingerprint density at radius 2 is 1.81 bits per heavy atom. The van der Waals surface area contributed by atoms with E-state index in [1.165, 1.54) is 0 Å². The fraction of sp³-hybridized carbons (Fsp3) is 0. The fourth-order valence-corrected chi connectivity index (χ4v) is 2.49. The Hall–Kier alpha value is -2.33. The van der Waals surface area contributed by atoms with E-state index in [0.717, 1.165) is 27.0 Å². The van der Waals surface area contributed by atoms with Crippen LogP contribution in [-0.2, 0) is 0 Å². The maximum atomic E-state index is 6.02. The van der Waals surface area contributed by atoms with Gasteiger partial charge in [0.05, 0.1) is 11.4 Å². The van der Waals surface area contributed by atoms with Crippen LogP contribution in [0.1, 0.15) is 0 Å². The molecule has 1 heterocycles. The van der Waals surface area contributed by atoms with Gasteiger partial charge < -0.3 is 11.1 Å². The maximum Gasteiger partial charge on any atom is 0.0618 e. The highest BCUT2D eigenvalue weighted by atomic mass is 79.9. The van der Waals surface area contributed by atoms with Crippen LogP contribution in [0.5, 0.6) is 0 Å². The molecule has 0 atom stereocenters. The summed E-state index contributed by atoms with van der Waals surface area (Å²) in [5.74, 6) is 0. The Kier molecular flexibility index (Phi) is 3.88. The minimum absolute atomic E-state index is 0.705. The van der Waals surface area contributed by atoms with Gasteiger partial charge in [-0.15, -0.1) is 0 Å². The van der Waals surface area contributed by atoms with Crippen molar-refractivity contribution in [1.29, 1.82) is 0 Å². The van der Waals surface area contributed by atoms with Crippen molar-refractivity contribution >= 4 is 33.0 Å². The molecular formula is C17H14BrN3. The molecule has 3 rings (SSSR count). The molecule has 21 heavy (non-hydrogen) atoms. The number of pyridine rings is 1. The molecule has 0 aliphatic heterocycles. The van der Waals surface area contributed by atoms with Gasteiger partial charge in [-0.3, -0.25) is 4.98 Å². The summed E-state index contributed by atoms with van der Waals surface area (Å²) in [5, 5.41) is 3.34. The first kappa shape index (κ1) is 13.6. The zero-order valence-corrected chi connectivity index (χ0v) is 12.8. The quantitative estimate of drug-likeness (QED) is 0.671. The second-order valence-electron chi connectivity index (χ2n) is 4.68. The number of nitrogen functional groups attached to an aromatic ring is 1. The summed E-state index contributed by atoms with van der Waals surface area (Å²) >= 11 is 3.41. The van der Waals surface area contributed by atoms with Gasteiger partial charge in [0.25, 0.3) is 0 Å². The summed E-state index contributed by atoms with van der Waals surface area (Å²) in [6.07, 6.45) is 3.63. The number of hydrogen-bond donors (Lipinski definition) is 2. The molecule has 104 valence electrons. The van der Waals surface area contributed by atoms with Gasteiger partial charge in [0, 0.05) is 28.1 Å². The number of nitrogens with one attached hydrogen (secondary N) is 1. The molecule has 3 N–H and O–H groups in total. The average molecular weight is 340 g/mol. The van der Waals surface area contributed by atoms with Gasteiger partial charge in [-0.25, -0.2) is 0 Å². The highest BCUT2D eigenvalue weighted by Gasteiger charge is 2.02. The van der Waals surface area contributed by atoms with E-state index >= 15 is 0 Å². The van der Waals surface area contributed by atoms with Crippen molar-refractivity contribution in [2.24, 2.45) is 0 Å². The molecule has 3 aromatic rings. The van der Waals surface area contributed by atoms with Gasteiger partial charge in [-0.2, -0.15) is 0 Å². The fourth-order valence-electron chi connectivity index (χ4n) is 2.11. The van der Waals surface area contributed by atoms with Crippen molar-refractivity contribution < 1.29 is 0 Å². The van der Waals surface area contributed by atoms with Crippen LogP contribution in [-0.4, -0.2) is 4.98 Å². The van der Waals surface area contributed by atoms with Gasteiger partial charge in [-0.05, 0) is 42.0 Å². The molecule has 0 bridgehead atoms. The molecule has 0 fully saturated rings. The largest absolute Gasteiger partial charge is 0.397 e. The SMILES string of the molecule is Nc1cc(Br)ccc1Nc1cccc(-c2cccnc2)c1. The lowest BCUT2D eigenvalue weighted by atomic mass is 10.1. The molecule has 0 radical (unpaired) electrons. The van der Waals surface area contributed by atoms with E-state index in [2.05, 4.69) is 38.4 Å². The van der Waals surface area contributed by atoms with Crippen LogP contribution in [0.2, 0.25) is 0 Å². The van der Waals surface area contributed by atoms with Crippen LogP contribution in [0, 0.1) is 0 Å². The Bertz CT molecular complexity index is 757. The number of anilines is 3. The summed E-state index contributed by atoms with van der Waals surface area (Å²) in [4.78, 5) is 4.15. The summed E-state index contributed by atoms with van der Waals surface area (Å²) in [6, 6.07) is 17.9. The van der Waals surface area contributed by atoms with Crippen LogP contribution in [0.15, 0.2) is 71.5 Å². The lowest BCUT2D eigenvalue weighted by molar-refractivity contribution is 1.33. The molecule has 4 heteroatoms. The zero-order valence-electron chi connectivity index (χ0n) is 11.3. The molecule has 1 aromatic heterocycles. The number of rotatable bonds is 3. The molecule has 0 saturated heterocycles. The zero-order chi connectivity index (χ0) is 14.7. The van der Waals surface area contributed by atoms with Crippen LogP contribution in [0.25, 0.3) is 11.1 Å². The van der Waals surface area contributed by atoms with E-state index in [4.69, 9.17) is 5.73 Å². The third kappa shape index (κ3) is 3.23. The van der Waals surface area contributed by atoms with Crippen molar-refractivity contribution in [3.8, 4) is 11.1 Å². The molecule has 0 unspecified atom stereocenters. The minimum atomic E-state index is 0.705. The lowest BCUT2D eigenvalue weighted by Gasteiger charge is -2.11. The molecule has 0 aliphatic carbocycles. The lowest BCUT2D eigenvalue weighted by Crippen LogP contribution is -1.96. The predicted molar refractivity (Wildman–Crippen MR) is 91.5 cm³/mol. The van der Waals surface area contributed by atoms with Crippen molar-refractivity contribution in [1.82, 2.24) is 4.98 Å². The normalized spacial score (nSPS) is 10.3. The summed E-state index contributed by atoms with van der Waals surface area (Å²) in [6.45, 7) is 0. The Labute approximate surface area is 132 Å². The number of hydrogen-bond acceptors (Lipinski definition) is 3. The van der Waals surface area contributed by atoms with E-state index in [-0.39, 0.29) is 0 Å². The Morgan fingerprint density at radius 3 is 2.57 bits per heavy atom. The van der Waals surface area contributed by atoms with Crippen molar-refractivity contribution in [2.45, 2.75) is 0 Å². The number of nitrogens with two attached hydrogens (primary N) is 1. The maximum absolute atomic E-state index is 6.02. The molecule has 0 amide bonds. The summed E-state index contributed by atoms with van der Waals surface area (Å²) < 4.78 is 0.967. The number of nitrogens with zero attached hydrogens (tertiary/aromatic N) is 1. The molecule has 3 nitrogen and oxygen atoms in total. The number of aromatic nitrogens is 1. The van der Waals surface area contributed by atoms with Gasteiger partial charge in [0.15, 0.2) is 0 Å². The van der Waals surface area contributed by atoms with Gasteiger partial charge in [-0.1, -0.05) is 34.1 Å². The highest BCUT2D eigenvalue weighted by Crippen LogP contribution is 2.28. The molecule has 0 spiro atoms. The first-order valence-electron chi connectivity index (χ1n) is 6.55. The van der Waals surface area contributed by atoms with E-state index in [9.17, 15) is 0 Å². The van der Waals surface area contributed by atoms with Crippen LogP contribution in [0.3, 0.4) is 0 Å². The van der Waals surface area contributed by atoms with E-state index < -0.39 is 0 Å². The van der Waals surface area contributed by atoms with Crippen molar-refractivity contribution in [3.63, 3.8) is 0 Å². The minimum Gasteiger partial charge on any atom is -0.397 e. The van der Waals surface area contributed by atoms with E-state index in [0.29, 0.717) is 5.69 Å². The average Bonchev–Trinajstić information content (AvgIpc) is 2.51. The molecule has 0 aliphatic rings. The number of halogens is 1. The first-order chi connectivity index (χ1) is 10.2. The van der Waals surface area contributed by atoms with Crippen molar-refractivity contribution in [3.05, 3.63) is 71.5 Å². The third-order valence-corrected chi connectivity index (χ3v) is 3.64. The Morgan fingerprint density at radius 1 is 0.952 bits per heavy atom. The van der Waals surface area contributed by atoms with Gasteiger partial charge >= 0.3 is 0 Å². The van der Waals surface area contributed by atoms with E-state index in [1.807, 2.05) is 48.7 Å². The molecule has 0 saturated carbocycles. The Balaban J connectivity index is 1.90. The van der Waals surface area contributed by atoms with Crippen LogP contribution < -0.4 is 11.1 Å². The van der Waals surface area contributed by atoms with Crippen LogP contribution >= 0.6 is 15.9 Å². The third-order valence-electron chi connectivity index (χ3n) is 3.15. The van der Waals surface area contributed by atoms with Crippen LogP contribution in [0.4, 0.5) is 17.1 Å². The first-order valence-corrected chi connectivity index (χ1v) is 7.34. The van der Waals surface area contributed by atoms with Gasteiger partial charge in [0.2, 0.25) is 0 Å². The smallest absolute Gasteiger partial charge is 0.0618 e. The molecular weight excluding hydrogens is 326 g/mol. The molecule has 2 aromatic carbocycles.